The molecule has 0 bridgehead atoms. The number of benzene rings is 2. The van der Waals surface area contributed by atoms with Crippen LogP contribution in [0.4, 0.5) is 17.1 Å². The van der Waals surface area contributed by atoms with Crippen molar-refractivity contribution in [3.05, 3.63) is 84.2 Å². The van der Waals surface area contributed by atoms with Crippen molar-refractivity contribution in [3.63, 3.8) is 0 Å². The van der Waals surface area contributed by atoms with E-state index in [1.807, 2.05) is 36.4 Å². The van der Waals surface area contributed by atoms with Crippen LogP contribution in [0.25, 0.3) is 0 Å². The van der Waals surface area contributed by atoms with Crippen LogP contribution in [0, 0.1) is 0 Å². The van der Waals surface area contributed by atoms with Gasteiger partial charge >= 0.3 is 0 Å². The minimum Gasteiger partial charge on any atom is -0.372 e. The van der Waals surface area contributed by atoms with E-state index in [2.05, 4.69) is 44.8 Å². The van der Waals surface area contributed by atoms with Gasteiger partial charge in [-0.05, 0) is 48.7 Å². The summed E-state index contributed by atoms with van der Waals surface area (Å²) in [6.07, 6.45) is 5.85. The molecule has 3 aromatic rings. The fourth-order valence-electron chi connectivity index (χ4n) is 3.41. The molecule has 1 aromatic heterocycles. The topological polar surface area (TPSA) is 57.3 Å². The Morgan fingerprint density at radius 3 is 2.43 bits per heavy atom. The van der Waals surface area contributed by atoms with Crippen molar-refractivity contribution in [3.8, 4) is 0 Å². The summed E-state index contributed by atoms with van der Waals surface area (Å²) < 4.78 is 0. The summed E-state index contributed by atoms with van der Waals surface area (Å²) >= 11 is 0. The van der Waals surface area contributed by atoms with E-state index in [-0.39, 0.29) is 5.91 Å². The Hall–Kier alpha value is -3.34. The second-order valence-electron chi connectivity index (χ2n) is 7.00. The lowest BCUT2D eigenvalue weighted by Crippen LogP contribution is -2.22. The van der Waals surface area contributed by atoms with Crippen LogP contribution in [0.1, 0.15) is 28.8 Å². The first-order valence-corrected chi connectivity index (χ1v) is 9.67. The molecule has 1 fully saturated rings. The minimum absolute atomic E-state index is 0.135. The van der Waals surface area contributed by atoms with Gasteiger partial charge in [-0.1, -0.05) is 30.3 Å². The van der Waals surface area contributed by atoms with Gasteiger partial charge in [-0.15, -0.1) is 0 Å². The van der Waals surface area contributed by atoms with Gasteiger partial charge in [0.15, 0.2) is 0 Å². The Morgan fingerprint density at radius 1 is 0.929 bits per heavy atom. The van der Waals surface area contributed by atoms with Crippen molar-refractivity contribution in [2.24, 2.45) is 0 Å². The van der Waals surface area contributed by atoms with E-state index in [1.54, 1.807) is 12.4 Å². The van der Waals surface area contributed by atoms with Gasteiger partial charge in [-0.2, -0.15) is 0 Å². The van der Waals surface area contributed by atoms with E-state index in [9.17, 15) is 4.79 Å². The Morgan fingerprint density at radius 2 is 1.68 bits per heavy atom. The first-order valence-electron chi connectivity index (χ1n) is 9.67. The van der Waals surface area contributed by atoms with E-state index >= 15 is 0 Å². The summed E-state index contributed by atoms with van der Waals surface area (Å²) in [6, 6.07) is 20.1. The van der Waals surface area contributed by atoms with Crippen molar-refractivity contribution >= 4 is 23.0 Å². The van der Waals surface area contributed by atoms with Crippen LogP contribution in [0.3, 0.4) is 0 Å². The van der Waals surface area contributed by atoms with Crippen molar-refractivity contribution in [1.29, 1.82) is 0 Å². The standard InChI is InChI=1S/C23H24N4O/c28-23(25-15-18-6-2-1-3-7-18)19-14-21(17-24-16-19)26-20-8-10-22(11-9-20)27-12-4-5-13-27/h1-3,6-11,14,16-17,26H,4-5,12-13,15H2,(H,25,28). The molecule has 1 aliphatic heterocycles. The molecule has 1 aliphatic rings. The predicted octanol–water partition coefficient (Wildman–Crippen LogP) is 4.36. The molecule has 0 saturated carbocycles. The van der Waals surface area contributed by atoms with Gasteiger partial charge in [0.2, 0.25) is 0 Å². The van der Waals surface area contributed by atoms with Gasteiger partial charge in [0.1, 0.15) is 0 Å². The van der Waals surface area contributed by atoms with Crippen LogP contribution < -0.4 is 15.5 Å². The molecule has 2 heterocycles. The lowest BCUT2D eigenvalue weighted by molar-refractivity contribution is 0.0950. The summed E-state index contributed by atoms with van der Waals surface area (Å²) in [5, 5.41) is 6.26. The third kappa shape index (κ3) is 4.49. The van der Waals surface area contributed by atoms with Crippen LogP contribution in [0.2, 0.25) is 0 Å². The van der Waals surface area contributed by atoms with Crippen LogP contribution in [-0.4, -0.2) is 24.0 Å². The number of aromatic nitrogens is 1. The Kier molecular flexibility index (Phi) is 5.52. The van der Waals surface area contributed by atoms with E-state index in [0.29, 0.717) is 12.1 Å². The zero-order valence-corrected chi connectivity index (χ0v) is 15.8. The molecule has 28 heavy (non-hydrogen) atoms. The third-order valence-corrected chi connectivity index (χ3v) is 4.92. The number of nitrogens with zero attached hydrogens (tertiary/aromatic N) is 2. The quantitative estimate of drug-likeness (QED) is 0.675. The molecule has 1 saturated heterocycles. The molecular weight excluding hydrogens is 348 g/mol. The molecule has 0 spiro atoms. The van der Waals surface area contributed by atoms with Crippen molar-refractivity contribution < 1.29 is 4.79 Å². The largest absolute Gasteiger partial charge is 0.372 e. The second-order valence-corrected chi connectivity index (χ2v) is 7.00. The lowest BCUT2D eigenvalue weighted by Gasteiger charge is -2.18. The van der Waals surface area contributed by atoms with Gasteiger partial charge in [-0.3, -0.25) is 9.78 Å². The number of amides is 1. The molecule has 5 heteroatoms. The highest BCUT2D eigenvalue weighted by molar-refractivity contribution is 5.94. The smallest absolute Gasteiger partial charge is 0.253 e. The monoisotopic (exact) mass is 372 g/mol. The molecule has 1 amide bonds. The van der Waals surface area contributed by atoms with Gasteiger partial charge in [0.25, 0.3) is 5.91 Å². The van der Waals surface area contributed by atoms with Gasteiger partial charge < -0.3 is 15.5 Å². The maximum Gasteiger partial charge on any atom is 0.253 e. The average molecular weight is 372 g/mol. The van der Waals surface area contributed by atoms with Crippen LogP contribution in [0.5, 0.6) is 0 Å². The Labute approximate surface area is 165 Å². The van der Waals surface area contributed by atoms with E-state index in [0.717, 1.165) is 30.0 Å². The number of nitrogens with one attached hydrogen (secondary N) is 2. The fourth-order valence-corrected chi connectivity index (χ4v) is 3.41. The summed E-state index contributed by atoms with van der Waals surface area (Å²) in [7, 11) is 0. The fraction of sp³-hybridized carbons (Fsp3) is 0.217. The van der Waals surface area contributed by atoms with Crippen LogP contribution in [0.15, 0.2) is 73.1 Å². The number of pyridine rings is 1. The van der Waals surface area contributed by atoms with Gasteiger partial charge in [0.05, 0.1) is 17.4 Å². The summed E-state index contributed by atoms with van der Waals surface area (Å²) in [5.41, 5.74) is 4.63. The first kappa shape index (κ1) is 18.0. The lowest BCUT2D eigenvalue weighted by atomic mass is 10.2. The van der Waals surface area contributed by atoms with Crippen molar-refractivity contribution in [1.82, 2.24) is 10.3 Å². The summed E-state index contributed by atoms with van der Waals surface area (Å²) in [4.78, 5) is 19.0. The molecule has 0 unspecified atom stereocenters. The first-order chi connectivity index (χ1) is 13.8. The maximum absolute atomic E-state index is 12.4. The van der Waals surface area contributed by atoms with Crippen LogP contribution in [-0.2, 0) is 6.54 Å². The molecule has 5 nitrogen and oxygen atoms in total. The number of carbonyl (C=O) groups excluding carboxylic acids is 1. The summed E-state index contributed by atoms with van der Waals surface area (Å²) in [5.74, 6) is -0.135. The normalized spacial score (nSPS) is 13.4. The van der Waals surface area contributed by atoms with E-state index in [4.69, 9.17) is 0 Å². The molecule has 0 atom stereocenters. The van der Waals surface area contributed by atoms with Crippen molar-refractivity contribution in [2.45, 2.75) is 19.4 Å². The predicted molar refractivity (Wildman–Crippen MR) is 113 cm³/mol. The highest BCUT2D eigenvalue weighted by atomic mass is 16.1. The van der Waals surface area contributed by atoms with E-state index in [1.165, 1.54) is 18.5 Å². The number of carbonyl (C=O) groups is 1. The van der Waals surface area contributed by atoms with Gasteiger partial charge in [-0.25, -0.2) is 0 Å². The van der Waals surface area contributed by atoms with Crippen molar-refractivity contribution in [2.75, 3.05) is 23.3 Å². The highest BCUT2D eigenvalue weighted by Crippen LogP contribution is 2.24. The molecule has 2 N–H and O–H groups in total. The Bertz CT molecular complexity index is 919. The molecule has 2 aromatic carbocycles. The number of hydrogen-bond acceptors (Lipinski definition) is 4. The summed E-state index contributed by atoms with van der Waals surface area (Å²) in [6.45, 7) is 2.77. The average Bonchev–Trinajstić information content (AvgIpc) is 3.28. The van der Waals surface area contributed by atoms with E-state index < -0.39 is 0 Å². The molecule has 0 radical (unpaired) electrons. The maximum atomic E-state index is 12.4. The number of hydrogen-bond donors (Lipinski definition) is 2. The minimum atomic E-state index is -0.135. The zero-order chi connectivity index (χ0) is 19.2. The molecule has 0 aliphatic carbocycles. The molecule has 142 valence electrons. The molecule has 4 rings (SSSR count). The zero-order valence-electron chi connectivity index (χ0n) is 15.8. The Balaban J connectivity index is 1.38. The SMILES string of the molecule is O=C(NCc1ccccc1)c1cncc(Nc2ccc(N3CCCC3)cc2)c1. The van der Waals surface area contributed by atoms with Gasteiger partial charge in [0, 0.05) is 37.2 Å². The highest BCUT2D eigenvalue weighted by Gasteiger charge is 2.12. The number of anilines is 3. The van der Waals surface area contributed by atoms with Crippen LogP contribution >= 0.6 is 0 Å². The number of rotatable bonds is 6. The second kappa shape index (κ2) is 8.57. The molecular formula is C23H24N4O. The third-order valence-electron chi connectivity index (χ3n) is 4.92.